The molecule has 0 radical (unpaired) electrons. The summed E-state index contributed by atoms with van der Waals surface area (Å²) in [5, 5.41) is 13.5. The van der Waals surface area contributed by atoms with E-state index >= 15 is 0 Å². The maximum atomic E-state index is 12.7. The fraction of sp³-hybridized carbons (Fsp3) is 0.788. The summed E-state index contributed by atoms with van der Waals surface area (Å²) >= 11 is 0. The van der Waals surface area contributed by atoms with Crippen molar-refractivity contribution >= 4 is 13.7 Å². The number of likely N-dealkylation sites (N-methyl/N-ethyl adjacent to an activating group) is 1. The molecule has 2 N–H and O–H groups in total. The number of hydrogen-bond acceptors (Lipinski definition) is 6. The molecule has 0 saturated heterocycles. The number of amides is 1. The maximum absolute atomic E-state index is 12.7. The van der Waals surface area contributed by atoms with Gasteiger partial charge in [0.05, 0.1) is 39.9 Å². The second kappa shape index (κ2) is 26.2. The summed E-state index contributed by atoms with van der Waals surface area (Å²) in [4.78, 5) is 24.9. The third-order valence-electron chi connectivity index (χ3n) is 6.93. The smallest absolute Gasteiger partial charge is 0.268 e. The number of phosphoric ester groups is 1. The Kier molecular flexibility index (Phi) is 25.4. The number of unbranched alkanes of at least 4 members (excludes halogenated alkanes) is 12. The van der Waals surface area contributed by atoms with Gasteiger partial charge in [0.1, 0.15) is 13.2 Å². The molecule has 9 heteroatoms. The molecule has 0 aliphatic rings. The zero-order chi connectivity index (χ0) is 31.5. The van der Waals surface area contributed by atoms with Crippen LogP contribution in [0.4, 0.5) is 0 Å². The van der Waals surface area contributed by atoms with Crippen LogP contribution in [0, 0.1) is 0 Å². The van der Waals surface area contributed by atoms with E-state index in [2.05, 4.69) is 30.5 Å². The highest BCUT2D eigenvalue weighted by atomic mass is 31.2. The molecule has 0 aromatic carbocycles. The summed E-state index contributed by atoms with van der Waals surface area (Å²) < 4.78 is 22.9. The summed E-state index contributed by atoms with van der Waals surface area (Å²) in [6, 6.07) is -0.901. The van der Waals surface area contributed by atoms with Gasteiger partial charge in [-0.3, -0.25) is 9.36 Å². The lowest BCUT2D eigenvalue weighted by atomic mass is 10.0. The third kappa shape index (κ3) is 27.5. The third-order valence-corrected chi connectivity index (χ3v) is 7.89. The van der Waals surface area contributed by atoms with Crippen molar-refractivity contribution in [2.75, 3.05) is 40.9 Å². The quantitative estimate of drug-likeness (QED) is 0.0426. The number of nitrogens with one attached hydrogen (secondary N) is 1. The zero-order valence-corrected chi connectivity index (χ0v) is 28.3. The summed E-state index contributed by atoms with van der Waals surface area (Å²) in [6.07, 6.45) is 27.8. The predicted octanol–water partition coefficient (Wildman–Crippen LogP) is 6.99. The monoisotopic (exact) mass is 614 g/mol. The molecule has 0 saturated carbocycles. The van der Waals surface area contributed by atoms with Crippen molar-refractivity contribution in [2.24, 2.45) is 0 Å². The minimum atomic E-state index is -4.58. The van der Waals surface area contributed by atoms with Crippen LogP contribution in [0.5, 0.6) is 0 Å². The molecule has 0 spiro atoms. The molecular formula is C33H63N2O6P. The van der Waals surface area contributed by atoms with Crippen LogP contribution >= 0.6 is 7.82 Å². The van der Waals surface area contributed by atoms with E-state index in [-0.39, 0.29) is 12.5 Å². The van der Waals surface area contributed by atoms with Gasteiger partial charge in [-0.2, -0.15) is 0 Å². The lowest BCUT2D eigenvalue weighted by molar-refractivity contribution is -0.870. The van der Waals surface area contributed by atoms with Crippen LogP contribution in [0.3, 0.4) is 0 Å². The molecule has 0 aliphatic carbocycles. The highest BCUT2D eigenvalue weighted by Gasteiger charge is 2.23. The van der Waals surface area contributed by atoms with Crippen LogP contribution < -0.4 is 10.2 Å². The molecule has 8 nitrogen and oxygen atoms in total. The Labute approximate surface area is 257 Å². The Balaban J connectivity index is 4.67. The number of rotatable bonds is 28. The van der Waals surface area contributed by atoms with E-state index in [1.165, 1.54) is 51.4 Å². The standard InChI is InChI=1S/C33H63N2O6P/c1-6-8-10-12-14-16-17-19-21-23-25-27-33(37)34-31(30-41-42(38,39)40-29-28-35(3,4)5)32(36)26-24-22-20-18-15-13-11-9-7-2/h7,9,15,18,24,26,31-32,36H,6,8,10-14,16-17,19-23,25,27-30H2,1-5H3,(H-,34,37,38,39)/b9-7+,18-15+,26-24+. The van der Waals surface area contributed by atoms with Gasteiger partial charge in [-0.25, -0.2) is 0 Å². The minimum absolute atomic E-state index is 0.00906. The van der Waals surface area contributed by atoms with Gasteiger partial charge in [-0.15, -0.1) is 0 Å². The molecule has 1 amide bonds. The van der Waals surface area contributed by atoms with E-state index in [1.54, 1.807) is 6.08 Å². The van der Waals surface area contributed by atoms with Crippen LogP contribution in [0.1, 0.15) is 117 Å². The van der Waals surface area contributed by atoms with Crippen molar-refractivity contribution < 1.29 is 32.9 Å². The molecule has 0 aromatic rings. The molecule has 0 fully saturated rings. The first-order valence-corrected chi connectivity index (χ1v) is 17.8. The molecule has 0 bridgehead atoms. The average molecular weight is 615 g/mol. The fourth-order valence-electron chi connectivity index (χ4n) is 4.25. The summed E-state index contributed by atoms with van der Waals surface area (Å²) in [5.41, 5.74) is 0. The SMILES string of the molecule is C/C=C/CC/C=C/CC/C=C/C(O)C(COP(=O)([O-])OCC[N+](C)(C)C)NC(=O)CCCCCCCCCCCCC. The first kappa shape index (κ1) is 40.7. The Morgan fingerprint density at radius 3 is 1.93 bits per heavy atom. The molecule has 0 aliphatic heterocycles. The maximum Gasteiger partial charge on any atom is 0.268 e. The number of carbonyl (C=O) groups is 1. The lowest BCUT2D eigenvalue weighted by Gasteiger charge is -2.29. The number of hydrogen-bond donors (Lipinski definition) is 2. The van der Waals surface area contributed by atoms with Crippen molar-refractivity contribution in [3.8, 4) is 0 Å². The molecule has 0 heterocycles. The fourth-order valence-corrected chi connectivity index (χ4v) is 4.97. The second-order valence-electron chi connectivity index (χ2n) is 12.2. The largest absolute Gasteiger partial charge is 0.756 e. The number of phosphoric acid groups is 1. The predicted molar refractivity (Wildman–Crippen MR) is 173 cm³/mol. The number of allylic oxidation sites excluding steroid dienone is 5. The summed E-state index contributed by atoms with van der Waals surface area (Å²) in [5.74, 6) is -0.220. The Morgan fingerprint density at radius 2 is 1.38 bits per heavy atom. The van der Waals surface area contributed by atoms with E-state index in [1.807, 2.05) is 40.2 Å². The minimum Gasteiger partial charge on any atom is -0.756 e. The number of nitrogens with zero attached hydrogens (tertiary/aromatic N) is 1. The van der Waals surface area contributed by atoms with Gasteiger partial charge < -0.3 is 28.8 Å². The Hall–Kier alpha value is -1.28. The van der Waals surface area contributed by atoms with Crippen LogP contribution in [-0.2, 0) is 18.4 Å². The second-order valence-corrected chi connectivity index (χ2v) is 13.6. The molecule has 3 atom stereocenters. The zero-order valence-electron chi connectivity index (χ0n) is 27.4. The highest BCUT2D eigenvalue weighted by molar-refractivity contribution is 7.45. The molecular weight excluding hydrogens is 551 g/mol. The molecule has 0 aromatic heterocycles. The van der Waals surface area contributed by atoms with Gasteiger partial charge in [0, 0.05) is 6.42 Å². The normalized spacial score (nSPS) is 15.5. The van der Waals surface area contributed by atoms with Crippen LogP contribution in [0.25, 0.3) is 0 Å². The van der Waals surface area contributed by atoms with E-state index in [0.29, 0.717) is 17.4 Å². The van der Waals surface area contributed by atoms with Crippen LogP contribution in [-0.4, -0.2) is 68.5 Å². The van der Waals surface area contributed by atoms with Gasteiger partial charge in [0.25, 0.3) is 7.82 Å². The van der Waals surface area contributed by atoms with Gasteiger partial charge >= 0.3 is 0 Å². The van der Waals surface area contributed by atoms with Crippen LogP contribution in [0.2, 0.25) is 0 Å². The number of carbonyl (C=O) groups excluding carboxylic acids is 1. The van der Waals surface area contributed by atoms with E-state index in [4.69, 9.17) is 9.05 Å². The van der Waals surface area contributed by atoms with Gasteiger partial charge in [-0.1, -0.05) is 108 Å². The lowest BCUT2D eigenvalue weighted by Crippen LogP contribution is -2.45. The van der Waals surface area contributed by atoms with Gasteiger partial charge in [0.2, 0.25) is 5.91 Å². The number of aliphatic hydroxyl groups is 1. The number of quaternary nitrogens is 1. The van der Waals surface area contributed by atoms with Crippen molar-refractivity contribution in [3.63, 3.8) is 0 Å². The molecule has 3 unspecified atom stereocenters. The van der Waals surface area contributed by atoms with E-state index < -0.39 is 26.6 Å². The van der Waals surface area contributed by atoms with Crippen molar-refractivity contribution in [1.29, 1.82) is 0 Å². The highest BCUT2D eigenvalue weighted by Crippen LogP contribution is 2.38. The first-order chi connectivity index (χ1) is 20.0. The number of aliphatic hydroxyl groups excluding tert-OH is 1. The Bertz CT molecular complexity index is 794. The van der Waals surface area contributed by atoms with Crippen molar-refractivity contribution in [1.82, 2.24) is 5.32 Å². The van der Waals surface area contributed by atoms with Crippen molar-refractivity contribution in [3.05, 3.63) is 36.5 Å². The molecule has 42 heavy (non-hydrogen) atoms. The summed E-state index contributed by atoms with van der Waals surface area (Å²) in [6.45, 7) is 4.33. The van der Waals surface area contributed by atoms with Gasteiger partial charge in [-0.05, 0) is 39.0 Å². The molecule has 0 rings (SSSR count). The van der Waals surface area contributed by atoms with Crippen molar-refractivity contribution in [2.45, 2.75) is 129 Å². The molecule has 246 valence electrons. The van der Waals surface area contributed by atoms with Gasteiger partial charge in [0.15, 0.2) is 0 Å². The van der Waals surface area contributed by atoms with E-state index in [9.17, 15) is 19.4 Å². The van der Waals surface area contributed by atoms with Crippen LogP contribution in [0.15, 0.2) is 36.5 Å². The Morgan fingerprint density at radius 1 is 0.857 bits per heavy atom. The van der Waals surface area contributed by atoms with E-state index in [0.717, 1.165) is 44.9 Å². The average Bonchev–Trinajstić information content (AvgIpc) is 2.92. The topological polar surface area (TPSA) is 108 Å². The first-order valence-electron chi connectivity index (χ1n) is 16.3. The summed E-state index contributed by atoms with van der Waals surface area (Å²) in [7, 11) is 1.23.